The van der Waals surface area contributed by atoms with Crippen molar-refractivity contribution in [1.82, 2.24) is 9.88 Å². The summed E-state index contributed by atoms with van der Waals surface area (Å²) in [7, 11) is 2.13. The summed E-state index contributed by atoms with van der Waals surface area (Å²) in [5.41, 5.74) is 3.55. The number of hydrogen-bond donors (Lipinski definition) is 0. The van der Waals surface area contributed by atoms with Crippen LogP contribution in [0.15, 0.2) is 40.8 Å². The smallest absolute Gasteiger partial charge is 0.133 e. The number of furan rings is 1. The van der Waals surface area contributed by atoms with Crippen LogP contribution in [0, 0.1) is 13.8 Å². The first-order chi connectivity index (χ1) is 13.1. The van der Waals surface area contributed by atoms with Gasteiger partial charge in [-0.25, -0.2) is 4.98 Å². The van der Waals surface area contributed by atoms with Crippen LogP contribution in [0.4, 0.5) is 5.82 Å². The molecule has 0 N–H and O–H groups in total. The number of aryl methyl sites for hydroxylation is 2. The molecule has 3 heterocycles. The maximum absolute atomic E-state index is 5.74. The topological polar surface area (TPSA) is 41.7 Å². The fourth-order valence-electron chi connectivity index (χ4n) is 3.66. The summed E-state index contributed by atoms with van der Waals surface area (Å²) in [6.45, 7) is 8.99. The minimum atomic E-state index is 0.758. The summed E-state index contributed by atoms with van der Waals surface area (Å²) in [6.07, 6.45) is 0. The molecule has 1 aromatic carbocycles. The van der Waals surface area contributed by atoms with Crippen LogP contribution in [0.1, 0.15) is 22.6 Å². The molecule has 0 bridgehead atoms. The van der Waals surface area contributed by atoms with Crippen LogP contribution in [-0.2, 0) is 17.8 Å². The third-order valence-corrected chi connectivity index (χ3v) is 5.00. The maximum atomic E-state index is 5.74. The Morgan fingerprint density at radius 2 is 1.85 bits per heavy atom. The van der Waals surface area contributed by atoms with Crippen LogP contribution >= 0.6 is 0 Å². The molecule has 2 aromatic heterocycles. The van der Waals surface area contributed by atoms with Crippen LogP contribution in [0.2, 0.25) is 0 Å². The number of hydrogen-bond acceptors (Lipinski definition) is 5. The first-order valence-electron chi connectivity index (χ1n) is 9.55. The fraction of sp³-hybridized carbons (Fsp3) is 0.409. The molecule has 142 valence electrons. The zero-order chi connectivity index (χ0) is 18.8. The van der Waals surface area contributed by atoms with Gasteiger partial charge in [0.05, 0.1) is 25.3 Å². The van der Waals surface area contributed by atoms with Gasteiger partial charge in [0.1, 0.15) is 17.3 Å². The molecule has 0 unspecified atom stereocenters. The number of morpholine rings is 1. The van der Waals surface area contributed by atoms with E-state index in [1.54, 1.807) is 0 Å². The van der Waals surface area contributed by atoms with E-state index in [1.807, 2.05) is 13.0 Å². The molecule has 0 aliphatic carbocycles. The Morgan fingerprint density at radius 1 is 1.04 bits per heavy atom. The molecule has 27 heavy (non-hydrogen) atoms. The maximum Gasteiger partial charge on any atom is 0.133 e. The molecule has 1 saturated heterocycles. The van der Waals surface area contributed by atoms with E-state index < -0.39 is 0 Å². The van der Waals surface area contributed by atoms with Gasteiger partial charge in [-0.1, -0.05) is 12.1 Å². The lowest BCUT2D eigenvalue weighted by atomic mass is 10.1. The molecule has 4 rings (SSSR count). The van der Waals surface area contributed by atoms with Gasteiger partial charge in [-0.15, -0.1) is 0 Å². The SMILES string of the molecule is Cc1ccc2cc(CN(C)Cc3ccc(C)o3)c(N3CCOCC3)nc2c1. The van der Waals surface area contributed by atoms with E-state index in [0.717, 1.165) is 62.2 Å². The lowest BCUT2D eigenvalue weighted by Crippen LogP contribution is -2.37. The van der Waals surface area contributed by atoms with Crippen molar-refractivity contribution in [3.05, 3.63) is 59.0 Å². The minimum absolute atomic E-state index is 0.758. The third kappa shape index (κ3) is 4.15. The number of anilines is 1. The lowest BCUT2D eigenvalue weighted by Gasteiger charge is -2.30. The van der Waals surface area contributed by atoms with Crippen molar-refractivity contribution in [2.45, 2.75) is 26.9 Å². The molecular weight excluding hydrogens is 338 g/mol. The Hall–Kier alpha value is -2.37. The lowest BCUT2D eigenvalue weighted by molar-refractivity contribution is 0.122. The molecule has 0 saturated carbocycles. The van der Waals surface area contributed by atoms with Gasteiger partial charge in [-0.2, -0.15) is 0 Å². The van der Waals surface area contributed by atoms with E-state index in [-0.39, 0.29) is 0 Å². The Bertz CT molecular complexity index is 928. The minimum Gasteiger partial charge on any atom is -0.465 e. The van der Waals surface area contributed by atoms with E-state index in [4.69, 9.17) is 14.1 Å². The monoisotopic (exact) mass is 365 g/mol. The predicted molar refractivity (Wildman–Crippen MR) is 108 cm³/mol. The quantitative estimate of drug-likeness (QED) is 0.686. The number of pyridine rings is 1. The normalized spacial score (nSPS) is 15.0. The molecule has 0 radical (unpaired) electrons. The molecule has 0 spiro atoms. The van der Waals surface area contributed by atoms with E-state index in [9.17, 15) is 0 Å². The molecule has 5 nitrogen and oxygen atoms in total. The standard InChI is InChI=1S/C22H27N3O2/c1-16-4-6-18-13-19(14-24(3)15-20-7-5-17(2)27-20)22(23-21(18)12-16)25-8-10-26-11-9-25/h4-7,12-13H,8-11,14-15H2,1-3H3. The molecule has 1 aliphatic heterocycles. The van der Waals surface area contributed by atoms with Gasteiger partial charge < -0.3 is 14.1 Å². The number of aromatic nitrogens is 1. The summed E-state index contributed by atoms with van der Waals surface area (Å²) < 4.78 is 11.3. The Labute approximate surface area is 160 Å². The molecule has 3 aromatic rings. The number of fused-ring (bicyclic) bond motifs is 1. The zero-order valence-electron chi connectivity index (χ0n) is 16.4. The highest BCUT2D eigenvalue weighted by Crippen LogP contribution is 2.26. The molecule has 0 atom stereocenters. The van der Waals surface area contributed by atoms with Crippen molar-refractivity contribution in [3.8, 4) is 0 Å². The number of rotatable bonds is 5. The highest BCUT2D eigenvalue weighted by atomic mass is 16.5. The number of ether oxygens (including phenoxy) is 1. The Kier molecular flexibility index (Phi) is 5.14. The molecule has 0 amide bonds. The van der Waals surface area contributed by atoms with Gasteiger partial charge >= 0.3 is 0 Å². The fourth-order valence-corrected chi connectivity index (χ4v) is 3.66. The van der Waals surface area contributed by atoms with Gasteiger partial charge in [0.15, 0.2) is 0 Å². The first kappa shape index (κ1) is 18.0. The van der Waals surface area contributed by atoms with E-state index in [2.05, 4.69) is 54.1 Å². The average Bonchev–Trinajstić information content (AvgIpc) is 3.06. The molecule has 1 fully saturated rings. The van der Waals surface area contributed by atoms with Gasteiger partial charge in [-0.3, -0.25) is 4.90 Å². The van der Waals surface area contributed by atoms with Gasteiger partial charge in [0.25, 0.3) is 0 Å². The van der Waals surface area contributed by atoms with Crippen LogP contribution in [0.25, 0.3) is 10.9 Å². The zero-order valence-corrected chi connectivity index (χ0v) is 16.4. The first-order valence-corrected chi connectivity index (χ1v) is 9.55. The van der Waals surface area contributed by atoms with Crippen molar-refractivity contribution >= 4 is 16.7 Å². The second-order valence-electron chi connectivity index (χ2n) is 7.45. The summed E-state index contributed by atoms with van der Waals surface area (Å²) >= 11 is 0. The van der Waals surface area contributed by atoms with Gasteiger partial charge in [0.2, 0.25) is 0 Å². The van der Waals surface area contributed by atoms with Crippen LogP contribution in [0.3, 0.4) is 0 Å². The van der Waals surface area contributed by atoms with Crippen LogP contribution < -0.4 is 4.90 Å². The van der Waals surface area contributed by atoms with Crippen molar-refractivity contribution in [3.63, 3.8) is 0 Å². The van der Waals surface area contributed by atoms with Gasteiger partial charge in [-0.05, 0) is 50.7 Å². The van der Waals surface area contributed by atoms with Crippen molar-refractivity contribution < 1.29 is 9.15 Å². The van der Waals surface area contributed by atoms with Crippen LogP contribution in [-0.4, -0.2) is 43.2 Å². The highest BCUT2D eigenvalue weighted by Gasteiger charge is 2.18. The average molecular weight is 365 g/mol. The number of nitrogens with zero attached hydrogens (tertiary/aromatic N) is 3. The third-order valence-electron chi connectivity index (χ3n) is 5.00. The Balaban J connectivity index is 1.65. The highest BCUT2D eigenvalue weighted by molar-refractivity contribution is 5.82. The van der Waals surface area contributed by atoms with E-state index in [0.29, 0.717) is 0 Å². The van der Waals surface area contributed by atoms with Crippen molar-refractivity contribution in [2.75, 3.05) is 38.3 Å². The molecule has 5 heteroatoms. The second-order valence-corrected chi connectivity index (χ2v) is 7.45. The van der Waals surface area contributed by atoms with Crippen molar-refractivity contribution in [2.24, 2.45) is 0 Å². The van der Waals surface area contributed by atoms with Crippen molar-refractivity contribution in [1.29, 1.82) is 0 Å². The Morgan fingerprint density at radius 3 is 2.59 bits per heavy atom. The summed E-state index contributed by atoms with van der Waals surface area (Å²) in [6, 6.07) is 12.8. The molecular formula is C22H27N3O2. The molecule has 1 aliphatic rings. The van der Waals surface area contributed by atoms with Gasteiger partial charge in [0, 0.05) is 30.6 Å². The van der Waals surface area contributed by atoms with E-state index in [1.165, 1.54) is 16.5 Å². The predicted octanol–water partition coefficient (Wildman–Crippen LogP) is 3.91. The second kappa shape index (κ2) is 7.71. The number of benzene rings is 1. The van der Waals surface area contributed by atoms with E-state index >= 15 is 0 Å². The summed E-state index contributed by atoms with van der Waals surface area (Å²) in [5.74, 6) is 3.03. The largest absolute Gasteiger partial charge is 0.465 e. The van der Waals surface area contributed by atoms with Crippen LogP contribution in [0.5, 0.6) is 0 Å². The summed E-state index contributed by atoms with van der Waals surface area (Å²) in [5, 5.41) is 1.19. The summed E-state index contributed by atoms with van der Waals surface area (Å²) in [4.78, 5) is 9.67.